The minimum atomic E-state index is -0.304. The van der Waals surface area contributed by atoms with Gasteiger partial charge in [-0.15, -0.1) is 0 Å². The first-order valence-electron chi connectivity index (χ1n) is 26.5. The third-order valence-corrected chi connectivity index (χ3v) is 15.5. The Kier molecular flexibility index (Phi) is 19.1. The van der Waals surface area contributed by atoms with E-state index in [1.807, 2.05) is 36.4 Å². The molecular weight excluding hydrogens is 887 g/mol. The predicted molar refractivity (Wildman–Crippen MR) is 291 cm³/mol. The zero-order chi connectivity index (χ0) is 49.3. The Morgan fingerprint density at radius 2 is 0.930 bits per heavy atom. The van der Waals surface area contributed by atoms with Crippen molar-refractivity contribution in [1.82, 2.24) is 4.90 Å². The van der Waals surface area contributed by atoms with E-state index in [-0.39, 0.29) is 5.79 Å². The van der Waals surface area contributed by atoms with E-state index in [0.29, 0.717) is 0 Å². The van der Waals surface area contributed by atoms with Gasteiger partial charge in [-0.3, -0.25) is 0 Å². The molecule has 5 fully saturated rings. The molecule has 1 saturated carbocycles. The molecule has 382 valence electrons. The van der Waals surface area contributed by atoms with Crippen LogP contribution in [-0.4, -0.2) is 117 Å². The van der Waals surface area contributed by atoms with Gasteiger partial charge >= 0.3 is 0 Å². The molecule has 2 atom stereocenters. The number of rotatable bonds is 9. The smallest absolute Gasteiger partial charge is 0.171 e. The molecule has 11 nitrogen and oxygen atoms in total. The number of fused-ring (bicyclic) bond motifs is 2. The fraction of sp³-hybridized carbons (Fsp3) is 0.500. The molecule has 0 N–H and O–H groups in total. The van der Waals surface area contributed by atoms with E-state index in [1.165, 1.54) is 92.0 Å². The molecule has 0 amide bonds. The third kappa shape index (κ3) is 14.1. The van der Waals surface area contributed by atoms with Crippen molar-refractivity contribution in [2.45, 2.75) is 89.5 Å². The van der Waals surface area contributed by atoms with Crippen molar-refractivity contribution in [1.29, 1.82) is 0 Å². The van der Waals surface area contributed by atoms with E-state index in [0.717, 1.165) is 120 Å². The van der Waals surface area contributed by atoms with Gasteiger partial charge in [-0.05, 0) is 159 Å². The Morgan fingerprint density at radius 3 is 1.45 bits per heavy atom. The summed E-state index contributed by atoms with van der Waals surface area (Å²) in [7, 11) is 6.83. The number of piperazine rings is 1. The third-order valence-electron chi connectivity index (χ3n) is 15.5. The van der Waals surface area contributed by atoms with Crippen LogP contribution in [-0.2, 0) is 22.4 Å². The van der Waals surface area contributed by atoms with Crippen molar-refractivity contribution in [3.63, 3.8) is 0 Å². The van der Waals surface area contributed by atoms with Crippen LogP contribution in [0.4, 0.5) is 22.7 Å². The molecule has 5 aromatic rings. The second-order valence-corrected chi connectivity index (χ2v) is 19.5. The van der Waals surface area contributed by atoms with E-state index in [1.54, 1.807) is 28.4 Å². The maximum absolute atomic E-state index is 5.86. The molecule has 5 heterocycles. The van der Waals surface area contributed by atoms with E-state index >= 15 is 0 Å². The van der Waals surface area contributed by atoms with Crippen LogP contribution in [0.1, 0.15) is 75.8 Å². The maximum Gasteiger partial charge on any atom is 0.171 e. The normalized spacial score (nSPS) is 20.6. The summed E-state index contributed by atoms with van der Waals surface area (Å²) < 4.78 is 32.5. The number of piperidine rings is 2. The number of benzene rings is 5. The summed E-state index contributed by atoms with van der Waals surface area (Å²) in [5, 5.41) is 0. The van der Waals surface area contributed by atoms with E-state index in [9.17, 15) is 0 Å². The van der Waals surface area contributed by atoms with Crippen molar-refractivity contribution >= 4 is 22.7 Å². The highest BCUT2D eigenvalue weighted by atomic mass is 16.7. The molecule has 11 rings (SSSR count). The summed E-state index contributed by atoms with van der Waals surface area (Å²) in [4.78, 5) is 12.4. The van der Waals surface area contributed by atoms with Crippen molar-refractivity contribution in [2.24, 2.45) is 5.92 Å². The lowest BCUT2D eigenvalue weighted by Gasteiger charge is -2.45. The lowest BCUT2D eigenvalue weighted by Crippen LogP contribution is -2.50. The number of methoxy groups -OCH3 is 4. The summed E-state index contributed by atoms with van der Waals surface area (Å²) >= 11 is 0. The Hall–Kier alpha value is -5.62. The fourth-order valence-corrected chi connectivity index (χ4v) is 11.1. The maximum atomic E-state index is 5.86. The standard InChI is InChI=1S/C16H23NO.C16H17NO.C15H21NO3.C13H20N2O/c1-18-15-10-8-14(9-11-15)17-12-4-6-13-5-2-3-7-16(13)17;1-18-16-8-6-15(7-9-16)17-11-10-13-4-2-3-5-14(13)12-17;1-17-14-5-3-13(4-6-14)16-9-7-15(8-10-16)18-11-2-12-19-15;1-3-14-8-10-15(11-9-14)12-4-6-13(16-2)7-5-12/h8-11,13,16H,2-7,12H2,1H3;2-9H,10-12H2,1H3;3-6H,2,7-12H2,1H3;4-7H,3,8-11H2,1-2H3. The van der Waals surface area contributed by atoms with E-state index in [2.05, 4.69) is 116 Å². The van der Waals surface area contributed by atoms with E-state index in [4.69, 9.17) is 28.4 Å². The number of anilines is 4. The van der Waals surface area contributed by atoms with Crippen LogP contribution in [0.25, 0.3) is 0 Å². The average Bonchev–Trinajstić information content (AvgIpc) is 3.46. The number of hydrogen-bond donors (Lipinski definition) is 0. The lowest BCUT2D eigenvalue weighted by atomic mass is 9.78. The Morgan fingerprint density at radius 1 is 0.465 bits per heavy atom. The molecule has 5 aromatic carbocycles. The average molecular weight is 968 g/mol. The molecule has 4 saturated heterocycles. The second-order valence-electron chi connectivity index (χ2n) is 19.5. The number of likely N-dealkylation sites (N-methyl/N-ethyl adjacent to an activating group) is 1. The van der Waals surface area contributed by atoms with Gasteiger partial charge in [0.2, 0.25) is 0 Å². The van der Waals surface area contributed by atoms with Crippen LogP contribution in [0.3, 0.4) is 0 Å². The van der Waals surface area contributed by atoms with Crippen LogP contribution in [0.15, 0.2) is 121 Å². The molecule has 71 heavy (non-hydrogen) atoms. The molecule has 6 aliphatic rings. The zero-order valence-corrected chi connectivity index (χ0v) is 43.4. The van der Waals surface area contributed by atoms with Crippen LogP contribution in [0.5, 0.6) is 23.0 Å². The number of ether oxygens (including phenoxy) is 6. The Labute approximate surface area is 425 Å². The van der Waals surface area contributed by atoms with Crippen molar-refractivity contribution in [3.05, 3.63) is 132 Å². The summed E-state index contributed by atoms with van der Waals surface area (Å²) in [6.45, 7) is 14.9. The molecule has 2 unspecified atom stereocenters. The minimum absolute atomic E-state index is 0.304. The summed E-state index contributed by atoms with van der Waals surface area (Å²) in [5.41, 5.74) is 8.13. The monoisotopic (exact) mass is 968 g/mol. The van der Waals surface area contributed by atoms with Crippen molar-refractivity contribution in [2.75, 3.05) is 120 Å². The molecule has 0 radical (unpaired) electrons. The van der Waals surface area contributed by atoms with E-state index < -0.39 is 0 Å². The topological polar surface area (TPSA) is 71.6 Å². The first-order chi connectivity index (χ1) is 34.9. The minimum Gasteiger partial charge on any atom is -0.497 e. The second kappa shape index (κ2) is 26.2. The van der Waals surface area contributed by atoms with Gasteiger partial charge < -0.3 is 52.9 Å². The molecule has 0 bridgehead atoms. The van der Waals surface area contributed by atoms with Gasteiger partial charge in [0.05, 0.1) is 41.7 Å². The van der Waals surface area contributed by atoms with Gasteiger partial charge in [0, 0.05) is 101 Å². The first-order valence-corrected chi connectivity index (χ1v) is 26.5. The number of hydrogen-bond acceptors (Lipinski definition) is 11. The Balaban J connectivity index is 0.000000127. The largest absolute Gasteiger partial charge is 0.497 e. The van der Waals surface area contributed by atoms with Crippen LogP contribution in [0, 0.1) is 5.92 Å². The SMILES string of the molecule is CCN1CCN(c2ccc(OC)cc2)CC1.COc1ccc(N2CCC3(CC2)OCCCO3)cc1.COc1ccc(N2CCCC3CCCCC32)cc1.COc1ccc(N2CCc3ccccc3C2)cc1. The van der Waals surface area contributed by atoms with Gasteiger partial charge in [0.1, 0.15) is 23.0 Å². The van der Waals surface area contributed by atoms with Crippen molar-refractivity contribution < 1.29 is 28.4 Å². The highest BCUT2D eigenvalue weighted by Crippen LogP contribution is 2.38. The zero-order valence-electron chi connectivity index (χ0n) is 43.4. The summed E-state index contributed by atoms with van der Waals surface area (Å²) in [5.74, 6) is 4.33. The van der Waals surface area contributed by atoms with Gasteiger partial charge in [0.15, 0.2) is 5.79 Å². The molecule has 11 heteroatoms. The predicted octanol–water partition coefficient (Wildman–Crippen LogP) is 11.4. The van der Waals surface area contributed by atoms with Gasteiger partial charge in [-0.25, -0.2) is 0 Å². The van der Waals surface area contributed by atoms with Crippen molar-refractivity contribution in [3.8, 4) is 23.0 Å². The molecule has 5 aliphatic heterocycles. The fourth-order valence-electron chi connectivity index (χ4n) is 11.1. The quantitative estimate of drug-likeness (QED) is 0.142. The van der Waals surface area contributed by atoms with Crippen LogP contribution >= 0.6 is 0 Å². The van der Waals surface area contributed by atoms with Crippen LogP contribution < -0.4 is 38.5 Å². The molecular formula is C60H81N5O6. The highest BCUT2D eigenvalue weighted by Gasteiger charge is 2.38. The van der Waals surface area contributed by atoms with Gasteiger partial charge in [-0.2, -0.15) is 0 Å². The molecule has 1 spiro atoms. The highest BCUT2D eigenvalue weighted by molar-refractivity contribution is 5.53. The lowest BCUT2D eigenvalue weighted by molar-refractivity contribution is -0.275. The van der Waals surface area contributed by atoms with Crippen LogP contribution in [0.2, 0.25) is 0 Å². The molecule has 1 aliphatic carbocycles. The summed E-state index contributed by atoms with van der Waals surface area (Å²) in [6.07, 6.45) is 12.5. The summed E-state index contributed by atoms with van der Waals surface area (Å²) in [6, 6.07) is 43.0. The Bertz CT molecular complexity index is 2290. The van der Waals surface area contributed by atoms with Gasteiger partial charge in [0.25, 0.3) is 0 Å². The number of nitrogens with zero attached hydrogens (tertiary/aromatic N) is 5. The van der Waals surface area contributed by atoms with Gasteiger partial charge in [-0.1, -0.05) is 44.0 Å². The first kappa shape index (κ1) is 51.7. The molecule has 0 aromatic heterocycles.